The smallest absolute Gasteiger partial charge is 0.349 e. The molecule has 0 aliphatic carbocycles. The van der Waals surface area contributed by atoms with Gasteiger partial charge in [-0.25, -0.2) is 0 Å². The molecule has 1 atom stereocenters. The Morgan fingerprint density at radius 3 is 2.76 bits per heavy atom. The number of amides is 2. The maximum atomic E-state index is 12.5. The van der Waals surface area contributed by atoms with Gasteiger partial charge in [0.05, 0.1) is 12.2 Å². The molecule has 5 nitrogen and oxygen atoms in total. The number of halogens is 3. The van der Waals surface area contributed by atoms with Crippen molar-refractivity contribution in [1.82, 2.24) is 15.2 Å². The maximum Gasteiger partial charge on any atom is 0.471 e. The Morgan fingerprint density at radius 2 is 2.14 bits per heavy atom. The predicted octanol–water partition coefficient (Wildman–Crippen LogP) is 1.25. The minimum Gasteiger partial charge on any atom is -0.349 e. The van der Waals surface area contributed by atoms with E-state index < -0.39 is 24.0 Å². The molecule has 21 heavy (non-hydrogen) atoms. The van der Waals surface area contributed by atoms with Crippen LogP contribution in [-0.4, -0.2) is 40.5 Å². The fraction of sp³-hybridized carbons (Fsp3) is 0.462. The lowest BCUT2D eigenvalue weighted by atomic mass is 10.2. The van der Waals surface area contributed by atoms with Crippen molar-refractivity contribution in [3.63, 3.8) is 0 Å². The summed E-state index contributed by atoms with van der Waals surface area (Å²) in [5.74, 6) is -2.55. The zero-order chi connectivity index (χ0) is 15.5. The second-order valence-corrected chi connectivity index (χ2v) is 4.69. The third kappa shape index (κ3) is 3.71. The van der Waals surface area contributed by atoms with Crippen LogP contribution in [0.3, 0.4) is 0 Å². The van der Waals surface area contributed by atoms with Gasteiger partial charge in [-0.05, 0) is 25.0 Å². The molecule has 1 aromatic heterocycles. The van der Waals surface area contributed by atoms with Gasteiger partial charge >= 0.3 is 12.1 Å². The largest absolute Gasteiger partial charge is 0.471 e. The number of rotatable bonds is 3. The van der Waals surface area contributed by atoms with E-state index in [1.54, 1.807) is 24.4 Å². The molecular weight excluding hydrogens is 287 g/mol. The number of carbonyl (C=O) groups is 2. The average molecular weight is 301 g/mol. The molecule has 0 radical (unpaired) electrons. The number of hydrogen-bond acceptors (Lipinski definition) is 3. The Labute approximate surface area is 119 Å². The molecule has 1 aromatic rings. The summed E-state index contributed by atoms with van der Waals surface area (Å²) < 4.78 is 37.4. The first-order valence-corrected chi connectivity index (χ1v) is 6.45. The number of nitrogens with zero attached hydrogens (tertiary/aromatic N) is 2. The van der Waals surface area contributed by atoms with Crippen LogP contribution >= 0.6 is 0 Å². The number of hydrogen-bond donors (Lipinski definition) is 1. The van der Waals surface area contributed by atoms with Crippen molar-refractivity contribution in [2.45, 2.75) is 31.6 Å². The highest BCUT2D eigenvalue weighted by Crippen LogP contribution is 2.25. The van der Waals surface area contributed by atoms with Crippen molar-refractivity contribution in [2.24, 2.45) is 0 Å². The molecule has 1 aliphatic heterocycles. The van der Waals surface area contributed by atoms with Crippen LogP contribution < -0.4 is 5.32 Å². The Balaban J connectivity index is 1.96. The van der Waals surface area contributed by atoms with Gasteiger partial charge in [0.15, 0.2) is 0 Å². The zero-order valence-corrected chi connectivity index (χ0v) is 11.1. The Hall–Kier alpha value is -2.12. The van der Waals surface area contributed by atoms with Gasteiger partial charge < -0.3 is 10.2 Å². The summed E-state index contributed by atoms with van der Waals surface area (Å²) in [4.78, 5) is 27.8. The molecule has 2 rings (SSSR count). The summed E-state index contributed by atoms with van der Waals surface area (Å²) >= 11 is 0. The van der Waals surface area contributed by atoms with E-state index in [9.17, 15) is 22.8 Å². The van der Waals surface area contributed by atoms with Crippen LogP contribution in [0.25, 0.3) is 0 Å². The number of likely N-dealkylation sites (tertiary alicyclic amines) is 1. The van der Waals surface area contributed by atoms with Gasteiger partial charge in [0, 0.05) is 12.7 Å². The van der Waals surface area contributed by atoms with E-state index in [2.05, 4.69) is 10.3 Å². The number of aromatic nitrogens is 1. The standard InChI is InChI=1S/C13H14F3N3O2/c14-13(15,16)12(21)19-7-3-5-10(19)11(20)18-8-9-4-1-2-6-17-9/h1-2,4,6,10H,3,5,7-8H2,(H,18,20). The van der Waals surface area contributed by atoms with Gasteiger partial charge in [-0.2, -0.15) is 13.2 Å². The highest BCUT2D eigenvalue weighted by molar-refractivity contribution is 5.90. The first-order valence-electron chi connectivity index (χ1n) is 6.45. The van der Waals surface area contributed by atoms with Crippen LogP contribution in [-0.2, 0) is 16.1 Å². The molecule has 1 unspecified atom stereocenters. The molecule has 1 saturated heterocycles. The van der Waals surface area contributed by atoms with Crippen LogP contribution in [0.2, 0.25) is 0 Å². The SMILES string of the molecule is O=C(NCc1ccccn1)C1CCCN1C(=O)C(F)(F)F. The van der Waals surface area contributed by atoms with Gasteiger partial charge in [0.2, 0.25) is 5.91 Å². The lowest BCUT2D eigenvalue weighted by Crippen LogP contribution is -2.50. The quantitative estimate of drug-likeness (QED) is 0.914. The van der Waals surface area contributed by atoms with Gasteiger partial charge in [0.25, 0.3) is 0 Å². The van der Waals surface area contributed by atoms with Gasteiger partial charge in [-0.1, -0.05) is 6.07 Å². The van der Waals surface area contributed by atoms with E-state index in [0.717, 1.165) is 0 Å². The Kier molecular flexibility index (Phi) is 4.44. The summed E-state index contributed by atoms with van der Waals surface area (Å²) in [6, 6.07) is 4.08. The molecule has 0 bridgehead atoms. The van der Waals surface area contributed by atoms with E-state index in [1.165, 1.54) is 0 Å². The van der Waals surface area contributed by atoms with E-state index in [4.69, 9.17) is 0 Å². The van der Waals surface area contributed by atoms with Gasteiger partial charge in [-0.15, -0.1) is 0 Å². The van der Waals surface area contributed by atoms with Gasteiger partial charge in [0.1, 0.15) is 6.04 Å². The number of nitrogens with one attached hydrogen (secondary N) is 1. The first kappa shape index (κ1) is 15.3. The second-order valence-electron chi connectivity index (χ2n) is 4.69. The van der Waals surface area contributed by atoms with Crippen LogP contribution in [0.1, 0.15) is 18.5 Å². The molecule has 0 spiro atoms. The summed E-state index contributed by atoms with van der Waals surface area (Å²) in [7, 11) is 0. The summed E-state index contributed by atoms with van der Waals surface area (Å²) in [6.07, 6.45) is -2.79. The Bertz CT molecular complexity index is 519. The highest BCUT2D eigenvalue weighted by atomic mass is 19.4. The molecule has 0 saturated carbocycles. The van der Waals surface area contributed by atoms with Crippen LogP contribution in [0, 0.1) is 0 Å². The third-order valence-corrected chi connectivity index (χ3v) is 3.23. The zero-order valence-electron chi connectivity index (χ0n) is 11.1. The predicted molar refractivity (Wildman–Crippen MR) is 66.9 cm³/mol. The van der Waals surface area contributed by atoms with Crippen molar-refractivity contribution in [3.8, 4) is 0 Å². The summed E-state index contributed by atoms with van der Waals surface area (Å²) in [5.41, 5.74) is 0.595. The van der Waals surface area contributed by atoms with Crippen molar-refractivity contribution in [3.05, 3.63) is 30.1 Å². The molecule has 1 aliphatic rings. The fourth-order valence-electron chi connectivity index (χ4n) is 2.24. The molecule has 114 valence electrons. The number of alkyl halides is 3. The monoisotopic (exact) mass is 301 g/mol. The summed E-state index contributed by atoms with van der Waals surface area (Å²) in [6.45, 7) is 0.0598. The molecule has 1 N–H and O–H groups in total. The van der Waals surface area contributed by atoms with Crippen LogP contribution in [0.4, 0.5) is 13.2 Å². The van der Waals surface area contributed by atoms with Crippen molar-refractivity contribution >= 4 is 11.8 Å². The third-order valence-electron chi connectivity index (χ3n) is 3.23. The molecule has 1 fully saturated rings. The van der Waals surface area contributed by atoms with E-state index in [1.807, 2.05) is 0 Å². The fourth-order valence-corrected chi connectivity index (χ4v) is 2.24. The molecule has 2 heterocycles. The van der Waals surface area contributed by atoms with Crippen molar-refractivity contribution < 1.29 is 22.8 Å². The Morgan fingerprint density at radius 1 is 1.38 bits per heavy atom. The lowest BCUT2D eigenvalue weighted by molar-refractivity contribution is -0.186. The van der Waals surface area contributed by atoms with Gasteiger partial charge in [-0.3, -0.25) is 14.6 Å². The molecule has 0 aromatic carbocycles. The molecule has 2 amide bonds. The minimum absolute atomic E-state index is 0.0555. The van der Waals surface area contributed by atoms with Crippen LogP contribution in [0.5, 0.6) is 0 Å². The van der Waals surface area contributed by atoms with Crippen LogP contribution in [0.15, 0.2) is 24.4 Å². The lowest BCUT2D eigenvalue weighted by Gasteiger charge is -2.24. The normalized spacial score (nSPS) is 18.6. The second kappa shape index (κ2) is 6.11. The highest BCUT2D eigenvalue weighted by Gasteiger charge is 2.47. The minimum atomic E-state index is -4.95. The first-order chi connectivity index (χ1) is 9.89. The number of carbonyl (C=O) groups excluding carboxylic acids is 2. The molecule has 8 heteroatoms. The van der Waals surface area contributed by atoms with E-state index in [0.29, 0.717) is 17.0 Å². The average Bonchev–Trinajstić information content (AvgIpc) is 2.93. The maximum absolute atomic E-state index is 12.5. The topological polar surface area (TPSA) is 62.3 Å². The van der Waals surface area contributed by atoms with E-state index in [-0.39, 0.29) is 19.5 Å². The summed E-state index contributed by atoms with van der Waals surface area (Å²) in [5, 5.41) is 2.51. The van der Waals surface area contributed by atoms with Crippen molar-refractivity contribution in [2.75, 3.05) is 6.54 Å². The van der Waals surface area contributed by atoms with Crippen molar-refractivity contribution in [1.29, 1.82) is 0 Å². The van der Waals surface area contributed by atoms with E-state index >= 15 is 0 Å². The molecular formula is C13H14F3N3O2. The number of pyridine rings is 1.